The third kappa shape index (κ3) is 2.57. The Balaban J connectivity index is 2.22. The van der Waals surface area contributed by atoms with Gasteiger partial charge in [0.15, 0.2) is 5.69 Å². The highest BCUT2D eigenvalue weighted by molar-refractivity contribution is 6.03. The Bertz CT molecular complexity index is 561. The summed E-state index contributed by atoms with van der Waals surface area (Å²) in [5.74, 6) is -0.288. The second-order valence-corrected chi connectivity index (χ2v) is 4.09. The third-order valence-electron chi connectivity index (χ3n) is 2.61. The van der Waals surface area contributed by atoms with Gasteiger partial charge in [0.2, 0.25) is 0 Å². The number of hydrogen-bond acceptors (Lipinski definition) is 3. The minimum atomic E-state index is -0.634. The van der Waals surface area contributed by atoms with E-state index >= 15 is 0 Å². The zero-order chi connectivity index (χ0) is 13.1. The number of aliphatic hydroxyl groups excluding tert-OH is 1. The van der Waals surface area contributed by atoms with E-state index in [9.17, 15) is 9.90 Å². The van der Waals surface area contributed by atoms with Crippen molar-refractivity contribution < 1.29 is 9.90 Å². The van der Waals surface area contributed by atoms with E-state index in [2.05, 4.69) is 10.4 Å². The number of anilines is 1. The lowest BCUT2D eigenvalue weighted by atomic mass is 10.1. The van der Waals surface area contributed by atoms with Gasteiger partial charge >= 0.3 is 0 Å². The minimum absolute atomic E-state index is 0.288. The highest BCUT2D eigenvalue weighted by Crippen LogP contribution is 2.22. The van der Waals surface area contributed by atoms with Crippen molar-refractivity contribution in [2.75, 3.05) is 5.32 Å². The summed E-state index contributed by atoms with van der Waals surface area (Å²) < 4.78 is 1.56. The Labute approximate surface area is 105 Å². The Hall–Kier alpha value is -2.14. The van der Waals surface area contributed by atoms with E-state index in [1.807, 2.05) is 6.07 Å². The van der Waals surface area contributed by atoms with Crippen molar-refractivity contribution in [3.05, 3.63) is 47.8 Å². The SMILES string of the molecule is CC(O)c1ccccc1NC(=O)c1ccn(C)n1. The molecule has 1 amide bonds. The molecule has 1 aromatic carbocycles. The Morgan fingerprint density at radius 3 is 2.72 bits per heavy atom. The van der Waals surface area contributed by atoms with Crippen molar-refractivity contribution in [2.24, 2.45) is 7.05 Å². The van der Waals surface area contributed by atoms with Gasteiger partial charge in [-0.2, -0.15) is 5.10 Å². The van der Waals surface area contributed by atoms with Crippen LogP contribution in [-0.2, 0) is 7.05 Å². The first-order chi connectivity index (χ1) is 8.58. The van der Waals surface area contributed by atoms with E-state index in [1.54, 1.807) is 49.1 Å². The molecule has 0 saturated carbocycles. The molecule has 5 heteroatoms. The maximum absolute atomic E-state index is 11.9. The number of aromatic nitrogens is 2. The van der Waals surface area contributed by atoms with Crippen LogP contribution < -0.4 is 5.32 Å². The number of rotatable bonds is 3. The number of nitrogens with one attached hydrogen (secondary N) is 1. The van der Waals surface area contributed by atoms with Crippen molar-refractivity contribution in [3.8, 4) is 0 Å². The van der Waals surface area contributed by atoms with E-state index in [-0.39, 0.29) is 5.91 Å². The zero-order valence-corrected chi connectivity index (χ0v) is 10.3. The van der Waals surface area contributed by atoms with Gasteiger partial charge in [-0.3, -0.25) is 9.48 Å². The molecule has 0 aliphatic rings. The molecule has 1 unspecified atom stereocenters. The lowest BCUT2D eigenvalue weighted by Gasteiger charge is -2.12. The fraction of sp³-hybridized carbons (Fsp3) is 0.231. The summed E-state index contributed by atoms with van der Waals surface area (Å²) in [6, 6.07) is 8.79. The molecular formula is C13H15N3O2. The molecule has 94 valence electrons. The summed E-state index contributed by atoms with van der Waals surface area (Å²) in [6.45, 7) is 1.66. The average molecular weight is 245 g/mol. The van der Waals surface area contributed by atoms with Crippen LogP contribution in [0.3, 0.4) is 0 Å². The lowest BCUT2D eigenvalue weighted by molar-refractivity contribution is 0.102. The van der Waals surface area contributed by atoms with Crippen molar-refractivity contribution in [3.63, 3.8) is 0 Å². The summed E-state index contributed by atoms with van der Waals surface area (Å²) in [6.07, 6.45) is 1.07. The summed E-state index contributed by atoms with van der Waals surface area (Å²) in [4.78, 5) is 11.9. The predicted molar refractivity (Wildman–Crippen MR) is 68.2 cm³/mol. The predicted octanol–water partition coefficient (Wildman–Crippen LogP) is 1.73. The number of carbonyl (C=O) groups is 1. The van der Waals surface area contributed by atoms with Crippen LogP contribution in [0, 0.1) is 0 Å². The molecule has 2 rings (SSSR count). The molecule has 5 nitrogen and oxygen atoms in total. The highest BCUT2D eigenvalue weighted by atomic mass is 16.3. The first-order valence-electron chi connectivity index (χ1n) is 5.66. The molecule has 0 bridgehead atoms. The standard InChI is InChI=1S/C13H15N3O2/c1-9(17)10-5-3-4-6-11(10)14-13(18)12-7-8-16(2)15-12/h3-9,17H,1-2H3,(H,14,18). The molecule has 0 radical (unpaired) electrons. The molecule has 1 heterocycles. The molecule has 1 aromatic heterocycles. The van der Waals surface area contributed by atoms with Crippen LogP contribution in [0.4, 0.5) is 5.69 Å². The third-order valence-corrected chi connectivity index (χ3v) is 2.61. The summed E-state index contributed by atoms with van der Waals surface area (Å²) >= 11 is 0. The fourth-order valence-electron chi connectivity index (χ4n) is 1.70. The van der Waals surface area contributed by atoms with Crippen LogP contribution in [0.1, 0.15) is 29.1 Å². The number of benzene rings is 1. The van der Waals surface area contributed by atoms with Crippen molar-refractivity contribution in [1.29, 1.82) is 0 Å². The molecule has 0 aliphatic heterocycles. The van der Waals surface area contributed by atoms with Crippen LogP contribution in [0.15, 0.2) is 36.5 Å². The number of aliphatic hydroxyl groups is 1. The number of hydrogen-bond donors (Lipinski definition) is 2. The van der Waals surface area contributed by atoms with Crippen LogP contribution in [0.2, 0.25) is 0 Å². The van der Waals surface area contributed by atoms with E-state index in [4.69, 9.17) is 0 Å². The first kappa shape index (κ1) is 12.3. The van der Waals surface area contributed by atoms with Crippen LogP contribution in [0.25, 0.3) is 0 Å². The summed E-state index contributed by atoms with van der Waals surface area (Å²) in [5, 5.41) is 16.4. The molecular weight excluding hydrogens is 230 g/mol. The molecule has 0 saturated heterocycles. The molecule has 2 aromatic rings. The van der Waals surface area contributed by atoms with Gasteiger partial charge in [0.05, 0.1) is 6.10 Å². The fourth-order valence-corrected chi connectivity index (χ4v) is 1.70. The molecule has 0 aliphatic carbocycles. The minimum Gasteiger partial charge on any atom is -0.389 e. The smallest absolute Gasteiger partial charge is 0.276 e. The first-order valence-corrected chi connectivity index (χ1v) is 5.66. The molecule has 18 heavy (non-hydrogen) atoms. The van der Waals surface area contributed by atoms with Gasteiger partial charge < -0.3 is 10.4 Å². The lowest BCUT2D eigenvalue weighted by Crippen LogP contribution is -2.14. The van der Waals surface area contributed by atoms with Gasteiger partial charge in [0.1, 0.15) is 0 Å². The van der Waals surface area contributed by atoms with Gasteiger partial charge in [0.25, 0.3) is 5.91 Å². The second kappa shape index (κ2) is 5.01. The van der Waals surface area contributed by atoms with Gasteiger partial charge in [0, 0.05) is 24.5 Å². The molecule has 2 N–H and O–H groups in total. The highest BCUT2D eigenvalue weighted by Gasteiger charge is 2.13. The van der Waals surface area contributed by atoms with Crippen molar-refractivity contribution in [1.82, 2.24) is 9.78 Å². The Morgan fingerprint density at radius 1 is 1.39 bits per heavy atom. The van der Waals surface area contributed by atoms with Gasteiger partial charge in [-0.25, -0.2) is 0 Å². The van der Waals surface area contributed by atoms with Gasteiger partial charge in [-0.15, -0.1) is 0 Å². The van der Waals surface area contributed by atoms with Gasteiger partial charge in [-0.05, 0) is 19.1 Å². The maximum Gasteiger partial charge on any atom is 0.276 e. The normalized spacial score (nSPS) is 12.2. The van der Waals surface area contributed by atoms with Crippen molar-refractivity contribution in [2.45, 2.75) is 13.0 Å². The number of para-hydroxylation sites is 1. The number of aryl methyl sites for hydroxylation is 1. The Kier molecular flexibility index (Phi) is 3.43. The largest absolute Gasteiger partial charge is 0.389 e. The Morgan fingerprint density at radius 2 is 2.11 bits per heavy atom. The summed E-state index contributed by atoms with van der Waals surface area (Å²) in [5.41, 5.74) is 1.63. The van der Waals surface area contributed by atoms with Crippen LogP contribution in [-0.4, -0.2) is 20.8 Å². The zero-order valence-electron chi connectivity index (χ0n) is 10.3. The monoisotopic (exact) mass is 245 g/mol. The molecule has 0 fully saturated rings. The molecule has 0 spiro atoms. The molecule has 1 atom stereocenters. The number of carbonyl (C=O) groups excluding carboxylic acids is 1. The second-order valence-electron chi connectivity index (χ2n) is 4.09. The van der Waals surface area contributed by atoms with E-state index in [1.165, 1.54) is 0 Å². The van der Waals surface area contributed by atoms with Crippen LogP contribution >= 0.6 is 0 Å². The maximum atomic E-state index is 11.9. The van der Waals surface area contributed by atoms with Crippen molar-refractivity contribution >= 4 is 11.6 Å². The quantitative estimate of drug-likeness (QED) is 0.865. The van der Waals surface area contributed by atoms with E-state index in [0.29, 0.717) is 16.9 Å². The van der Waals surface area contributed by atoms with Gasteiger partial charge in [-0.1, -0.05) is 18.2 Å². The van der Waals surface area contributed by atoms with Crippen LogP contribution in [0.5, 0.6) is 0 Å². The number of amides is 1. The number of nitrogens with zero attached hydrogens (tertiary/aromatic N) is 2. The average Bonchev–Trinajstić information content (AvgIpc) is 2.76. The van der Waals surface area contributed by atoms with E-state index < -0.39 is 6.10 Å². The summed E-state index contributed by atoms with van der Waals surface area (Å²) in [7, 11) is 1.75. The topological polar surface area (TPSA) is 67.2 Å². The van der Waals surface area contributed by atoms with E-state index in [0.717, 1.165) is 0 Å².